The van der Waals surface area contributed by atoms with Crippen LogP contribution in [0.5, 0.6) is 0 Å². The van der Waals surface area contributed by atoms with Crippen LogP contribution in [0.2, 0.25) is 0 Å². The van der Waals surface area contributed by atoms with Crippen LogP contribution in [-0.2, 0) is 20.7 Å². The van der Waals surface area contributed by atoms with Gasteiger partial charge in [-0.05, 0) is 32.1 Å². The van der Waals surface area contributed by atoms with Crippen LogP contribution in [0.15, 0.2) is 0 Å². The van der Waals surface area contributed by atoms with Gasteiger partial charge in [0.1, 0.15) is 12.4 Å². The molecule has 2 amide bonds. The first kappa shape index (κ1) is 18.8. The van der Waals surface area contributed by atoms with Crippen LogP contribution in [0.1, 0.15) is 56.2 Å². The highest BCUT2D eigenvalue weighted by Gasteiger charge is 2.35. The molecule has 1 aromatic rings. The van der Waals surface area contributed by atoms with Crippen molar-refractivity contribution in [3.8, 4) is 0 Å². The molecule has 0 aromatic carbocycles. The molecule has 2 aliphatic heterocycles. The molecule has 0 aliphatic carbocycles. The fourth-order valence-corrected chi connectivity index (χ4v) is 3.85. The van der Waals surface area contributed by atoms with Crippen molar-refractivity contribution >= 4 is 17.6 Å². The predicted molar refractivity (Wildman–Crippen MR) is 97.8 cm³/mol. The maximum absolute atomic E-state index is 12.5. The lowest BCUT2D eigenvalue weighted by molar-refractivity contribution is -0.136. The number of amides is 2. The Bertz CT molecular complexity index is 704. The van der Waals surface area contributed by atoms with E-state index in [2.05, 4.69) is 13.8 Å². The first-order valence-corrected chi connectivity index (χ1v) is 9.38. The largest absolute Gasteiger partial charge is 0.375 e. The Morgan fingerprint density at radius 2 is 2.08 bits per heavy atom. The van der Waals surface area contributed by atoms with Gasteiger partial charge in [-0.2, -0.15) is 0 Å². The second-order valence-corrected chi connectivity index (χ2v) is 7.55. The summed E-state index contributed by atoms with van der Waals surface area (Å²) in [5, 5.41) is 0. The fourth-order valence-electron chi connectivity index (χ4n) is 3.85. The monoisotopic (exact) mass is 360 g/mol. The molecule has 1 fully saturated rings. The molecule has 3 heterocycles. The van der Waals surface area contributed by atoms with Crippen LogP contribution in [0.25, 0.3) is 0 Å². The van der Waals surface area contributed by atoms with Crippen molar-refractivity contribution in [3.05, 3.63) is 17.1 Å². The van der Waals surface area contributed by atoms with E-state index < -0.39 is 0 Å². The molecule has 0 N–H and O–H groups in total. The molecule has 142 valence electrons. The molecule has 1 atom stereocenters. The first-order valence-electron chi connectivity index (χ1n) is 9.38. The molecule has 1 saturated heterocycles. The second kappa shape index (κ2) is 7.70. The predicted octanol–water partition coefficient (Wildman–Crippen LogP) is 2.03. The van der Waals surface area contributed by atoms with Crippen LogP contribution >= 0.6 is 0 Å². The van der Waals surface area contributed by atoms with E-state index in [4.69, 9.17) is 14.7 Å². The zero-order chi connectivity index (χ0) is 18.8. The molecule has 0 bridgehead atoms. The van der Waals surface area contributed by atoms with Crippen LogP contribution in [0.4, 0.5) is 5.82 Å². The molecule has 7 heteroatoms. The van der Waals surface area contributed by atoms with Crippen LogP contribution < -0.4 is 4.90 Å². The lowest BCUT2D eigenvalue weighted by Gasteiger charge is -2.32. The van der Waals surface area contributed by atoms with Crippen molar-refractivity contribution in [1.82, 2.24) is 14.9 Å². The Morgan fingerprint density at radius 3 is 2.77 bits per heavy atom. The van der Waals surface area contributed by atoms with E-state index in [-0.39, 0.29) is 24.5 Å². The number of carbonyl (C=O) groups excluding carboxylic acids is 2. The van der Waals surface area contributed by atoms with Crippen molar-refractivity contribution < 1.29 is 14.3 Å². The van der Waals surface area contributed by atoms with E-state index in [0.29, 0.717) is 37.7 Å². The van der Waals surface area contributed by atoms with Crippen LogP contribution in [0, 0.1) is 12.8 Å². The molecule has 1 aromatic heterocycles. The average molecular weight is 360 g/mol. The zero-order valence-electron chi connectivity index (χ0n) is 16.1. The number of likely N-dealkylation sites (tertiary alicyclic amines) is 1. The van der Waals surface area contributed by atoms with E-state index in [1.807, 2.05) is 11.8 Å². The highest BCUT2D eigenvalue weighted by Crippen LogP contribution is 2.34. The number of hydrogen-bond donors (Lipinski definition) is 0. The molecule has 3 rings (SSSR count). The smallest absolute Gasteiger partial charge is 0.249 e. The summed E-state index contributed by atoms with van der Waals surface area (Å²) >= 11 is 0. The normalized spacial score (nSPS) is 20.0. The summed E-state index contributed by atoms with van der Waals surface area (Å²) in [6.07, 6.45) is 2.96. The molecular weight excluding hydrogens is 332 g/mol. The number of methoxy groups -OCH3 is 1. The number of fused-ring (bicyclic) bond motifs is 1. The number of carbonyl (C=O) groups is 2. The van der Waals surface area contributed by atoms with E-state index in [0.717, 1.165) is 29.9 Å². The lowest BCUT2D eigenvalue weighted by atomic mass is 10.0. The highest BCUT2D eigenvalue weighted by atomic mass is 16.5. The molecule has 0 saturated carbocycles. The maximum Gasteiger partial charge on any atom is 0.249 e. The van der Waals surface area contributed by atoms with Crippen LogP contribution in [0.3, 0.4) is 0 Å². The topological polar surface area (TPSA) is 75.6 Å². The lowest BCUT2D eigenvalue weighted by Crippen LogP contribution is -2.40. The number of ether oxygens (including phenoxy) is 1. The van der Waals surface area contributed by atoms with E-state index >= 15 is 0 Å². The average Bonchev–Trinajstić information content (AvgIpc) is 3.07. The van der Waals surface area contributed by atoms with Gasteiger partial charge >= 0.3 is 0 Å². The minimum absolute atomic E-state index is 0.0379. The number of anilines is 1. The number of rotatable bonds is 5. The first-order chi connectivity index (χ1) is 12.4. The standard InChI is InChI=1S/C19H28N4O3/c1-12(2)10-23-16(24)8-7-14-13(3)20-18(21-19(14)23)15-6-5-9-22(15)17(25)11-26-4/h12,15H,5-11H2,1-4H3/t15-/m0/s1. The maximum atomic E-state index is 12.5. The SMILES string of the molecule is COCC(=O)N1CCC[C@H]1c1nc(C)c2c(n1)N(CC(C)C)C(=O)CC2. The summed E-state index contributed by atoms with van der Waals surface area (Å²) in [4.78, 5) is 37.9. The molecule has 7 nitrogen and oxygen atoms in total. The fraction of sp³-hybridized carbons (Fsp3) is 0.684. The third kappa shape index (κ3) is 3.58. The molecule has 0 radical (unpaired) electrons. The molecule has 26 heavy (non-hydrogen) atoms. The number of nitrogens with zero attached hydrogens (tertiary/aromatic N) is 4. The van der Waals surface area contributed by atoms with E-state index in [1.165, 1.54) is 7.11 Å². The summed E-state index contributed by atoms with van der Waals surface area (Å²) < 4.78 is 5.00. The van der Waals surface area contributed by atoms with Gasteiger partial charge in [0.15, 0.2) is 5.82 Å². The Kier molecular flexibility index (Phi) is 5.55. The second-order valence-electron chi connectivity index (χ2n) is 7.55. The summed E-state index contributed by atoms with van der Waals surface area (Å²) in [6, 6.07) is -0.139. The summed E-state index contributed by atoms with van der Waals surface area (Å²) in [5.41, 5.74) is 1.97. The van der Waals surface area contributed by atoms with Crippen LogP contribution in [-0.4, -0.2) is 53.5 Å². The summed E-state index contributed by atoms with van der Waals surface area (Å²) in [6.45, 7) is 7.58. The van der Waals surface area contributed by atoms with Crippen molar-refractivity contribution in [2.24, 2.45) is 5.92 Å². The van der Waals surface area contributed by atoms with E-state index in [9.17, 15) is 9.59 Å². The molecule has 0 spiro atoms. The van der Waals surface area contributed by atoms with Gasteiger partial charge in [-0.15, -0.1) is 0 Å². The van der Waals surface area contributed by atoms with Gasteiger partial charge in [-0.1, -0.05) is 13.8 Å². The van der Waals surface area contributed by atoms with Crippen molar-refractivity contribution in [1.29, 1.82) is 0 Å². The van der Waals surface area contributed by atoms with Gasteiger partial charge < -0.3 is 9.64 Å². The molecule has 2 aliphatic rings. The van der Waals surface area contributed by atoms with Crippen molar-refractivity contribution in [2.45, 2.75) is 52.5 Å². The summed E-state index contributed by atoms with van der Waals surface area (Å²) in [7, 11) is 1.53. The Hall–Kier alpha value is -2.02. The summed E-state index contributed by atoms with van der Waals surface area (Å²) in [5.74, 6) is 1.82. The highest BCUT2D eigenvalue weighted by molar-refractivity contribution is 5.95. The zero-order valence-corrected chi connectivity index (χ0v) is 16.1. The Morgan fingerprint density at radius 1 is 1.31 bits per heavy atom. The number of aromatic nitrogens is 2. The van der Waals surface area contributed by atoms with Gasteiger partial charge in [0.25, 0.3) is 0 Å². The number of aryl methyl sites for hydroxylation is 1. The van der Waals surface area contributed by atoms with Crippen molar-refractivity contribution in [3.63, 3.8) is 0 Å². The third-order valence-electron chi connectivity index (χ3n) is 5.04. The Labute approximate surface area is 154 Å². The number of hydrogen-bond acceptors (Lipinski definition) is 5. The van der Waals surface area contributed by atoms with E-state index in [1.54, 1.807) is 4.90 Å². The van der Waals surface area contributed by atoms with Crippen molar-refractivity contribution in [2.75, 3.05) is 31.7 Å². The quantitative estimate of drug-likeness (QED) is 0.803. The van der Waals surface area contributed by atoms with Gasteiger partial charge in [-0.3, -0.25) is 14.5 Å². The molecule has 0 unspecified atom stereocenters. The third-order valence-corrected chi connectivity index (χ3v) is 5.04. The minimum Gasteiger partial charge on any atom is -0.375 e. The van der Waals surface area contributed by atoms with Gasteiger partial charge in [-0.25, -0.2) is 9.97 Å². The van der Waals surface area contributed by atoms with Gasteiger partial charge in [0, 0.05) is 37.9 Å². The molecular formula is C19H28N4O3. The van der Waals surface area contributed by atoms with Gasteiger partial charge in [0.2, 0.25) is 11.8 Å². The van der Waals surface area contributed by atoms with Gasteiger partial charge in [0.05, 0.1) is 6.04 Å². The minimum atomic E-state index is -0.139. The Balaban J connectivity index is 1.97.